The number of carbonyl (C=O) groups is 1. The van der Waals surface area contributed by atoms with E-state index in [0.717, 1.165) is 12.5 Å². The number of anilines is 1. The van der Waals surface area contributed by atoms with E-state index in [2.05, 4.69) is 20.4 Å². The van der Waals surface area contributed by atoms with Gasteiger partial charge < -0.3 is 15.5 Å². The molecule has 8 nitrogen and oxygen atoms in total. The molecule has 0 amide bonds. The summed E-state index contributed by atoms with van der Waals surface area (Å²) in [5.74, 6) is -1.74. The molecule has 13 heteroatoms. The van der Waals surface area contributed by atoms with Crippen molar-refractivity contribution in [3.8, 4) is 0 Å². The molecule has 0 aliphatic heterocycles. The van der Waals surface area contributed by atoms with Crippen LogP contribution in [0.4, 0.5) is 23.4 Å². The van der Waals surface area contributed by atoms with Crippen molar-refractivity contribution in [2.75, 3.05) is 11.9 Å². The van der Waals surface area contributed by atoms with Crippen molar-refractivity contribution < 1.29 is 32.6 Å². The monoisotopic (exact) mass is 513 g/mol. The van der Waals surface area contributed by atoms with Crippen LogP contribution < -0.4 is 5.32 Å². The fourth-order valence-electron chi connectivity index (χ4n) is 4.02. The number of alkyl halides is 4. The summed E-state index contributed by atoms with van der Waals surface area (Å²) >= 11 is 5.92. The Morgan fingerprint density at radius 2 is 2.06 bits per heavy atom. The highest BCUT2D eigenvalue weighted by Crippen LogP contribution is 2.33. The minimum absolute atomic E-state index is 0.0585. The quantitative estimate of drug-likeness (QED) is 0.328. The number of aliphatic hydroxyl groups is 2. The predicted molar refractivity (Wildman–Crippen MR) is 117 cm³/mol. The van der Waals surface area contributed by atoms with Crippen LogP contribution in [0.15, 0.2) is 42.9 Å². The summed E-state index contributed by atoms with van der Waals surface area (Å²) in [5, 5.41) is 26.1. The number of rotatable bonds is 7. The number of carbonyl (C=O) groups excluding carboxylic acids is 1. The van der Waals surface area contributed by atoms with E-state index < -0.39 is 54.2 Å². The maximum Gasteiger partial charge on any atom is 0.433 e. The van der Waals surface area contributed by atoms with Gasteiger partial charge in [-0.1, -0.05) is 23.7 Å². The zero-order valence-corrected chi connectivity index (χ0v) is 18.7. The Hall–Kier alpha value is -3.09. The van der Waals surface area contributed by atoms with Crippen molar-refractivity contribution in [2.24, 2.45) is 5.92 Å². The number of halogens is 5. The van der Waals surface area contributed by atoms with Gasteiger partial charge in [-0.2, -0.15) is 18.3 Å². The number of nitrogens with zero attached hydrogens (tertiary/aromatic N) is 4. The SMILES string of the molecule is O=C(c1cc(C(F)(F)F)n(Cc2cccc(Cl)c2)n1)c1cncnc1NC1CC(CO)C(O)C1F. The second kappa shape index (κ2) is 9.88. The summed E-state index contributed by atoms with van der Waals surface area (Å²) in [7, 11) is 0. The first-order valence-corrected chi connectivity index (χ1v) is 10.9. The van der Waals surface area contributed by atoms with Gasteiger partial charge in [-0.25, -0.2) is 14.4 Å². The Kier molecular flexibility index (Phi) is 7.06. The molecule has 2 heterocycles. The molecule has 35 heavy (non-hydrogen) atoms. The minimum Gasteiger partial charge on any atom is -0.396 e. The van der Waals surface area contributed by atoms with E-state index in [1.54, 1.807) is 18.2 Å². The van der Waals surface area contributed by atoms with Crippen molar-refractivity contribution in [2.45, 2.75) is 37.5 Å². The second-order valence-corrected chi connectivity index (χ2v) is 8.61. The number of aromatic nitrogens is 4. The molecule has 186 valence electrons. The van der Waals surface area contributed by atoms with E-state index in [9.17, 15) is 32.6 Å². The second-order valence-electron chi connectivity index (χ2n) is 8.18. The van der Waals surface area contributed by atoms with Crippen LogP contribution in [0.1, 0.15) is 33.7 Å². The molecule has 0 saturated heterocycles. The van der Waals surface area contributed by atoms with Crippen molar-refractivity contribution in [3.05, 3.63) is 70.4 Å². The molecular formula is C22H20ClF4N5O3. The standard InChI is InChI=1S/C22H20ClF4N5O3/c23-13-3-1-2-11(4-13)8-32-17(22(25,26)27)6-16(31-32)20(35)14-7-28-10-29-21(14)30-15-5-12(9-33)19(34)18(15)24/h1-4,6-7,10,12,15,18-19,33-34H,5,8-9H2,(H,28,29,30). The minimum atomic E-state index is -4.79. The van der Waals surface area contributed by atoms with Crippen LogP contribution in [0.5, 0.6) is 0 Å². The third kappa shape index (κ3) is 5.29. The third-order valence-corrected chi connectivity index (χ3v) is 6.02. The van der Waals surface area contributed by atoms with Gasteiger partial charge in [0.2, 0.25) is 5.78 Å². The highest BCUT2D eigenvalue weighted by atomic mass is 35.5. The lowest BCUT2D eigenvalue weighted by Crippen LogP contribution is -2.32. The van der Waals surface area contributed by atoms with Crippen molar-refractivity contribution >= 4 is 23.2 Å². The fraction of sp³-hybridized carbons (Fsp3) is 0.364. The molecule has 2 aromatic heterocycles. The molecule has 1 fully saturated rings. The van der Waals surface area contributed by atoms with Gasteiger partial charge in [0.15, 0.2) is 0 Å². The molecular weight excluding hydrogens is 494 g/mol. The van der Waals surface area contributed by atoms with Crippen LogP contribution in [0.2, 0.25) is 5.02 Å². The fourth-order valence-corrected chi connectivity index (χ4v) is 4.24. The maximum absolute atomic E-state index is 14.5. The Balaban J connectivity index is 1.64. The molecule has 0 spiro atoms. The number of aliphatic hydroxyl groups excluding tert-OH is 2. The van der Waals surface area contributed by atoms with Crippen molar-refractivity contribution in [1.29, 1.82) is 0 Å². The van der Waals surface area contributed by atoms with Gasteiger partial charge in [0.05, 0.1) is 24.3 Å². The molecule has 4 unspecified atom stereocenters. The molecule has 0 bridgehead atoms. The van der Waals surface area contributed by atoms with E-state index in [0.29, 0.717) is 21.3 Å². The zero-order chi connectivity index (χ0) is 25.3. The van der Waals surface area contributed by atoms with Crippen molar-refractivity contribution in [3.63, 3.8) is 0 Å². The number of nitrogens with one attached hydrogen (secondary N) is 1. The number of hydrogen-bond donors (Lipinski definition) is 3. The normalized spacial score (nSPS) is 22.4. The highest BCUT2D eigenvalue weighted by Gasteiger charge is 2.43. The lowest BCUT2D eigenvalue weighted by atomic mass is 10.1. The zero-order valence-electron chi connectivity index (χ0n) is 18.0. The summed E-state index contributed by atoms with van der Waals surface area (Å²) < 4.78 is 56.2. The lowest BCUT2D eigenvalue weighted by Gasteiger charge is -2.18. The van der Waals surface area contributed by atoms with Crippen LogP contribution in [-0.4, -0.2) is 60.7 Å². The maximum atomic E-state index is 14.5. The predicted octanol–water partition coefficient (Wildman–Crippen LogP) is 3.12. The Bertz CT molecular complexity index is 1220. The van der Waals surface area contributed by atoms with E-state index in [1.165, 1.54) is 6.07 Å². The Labute approximate surface area is 201 Å². The molecule has 1 saturated carbocycles. The Morgan fingerprint density at radius 3 is 2.71 bits per heavy atom. The number of benzene rings is 1. The van der Waals surface area contributed by atoms with Gasteiger partial charge in [-0.05, 0) is 24.1 Å². The van der Waals surface area contributed by atoms with Gasteiger partial charge in [0.1, 0.15) is 29.7 Å². The summed E-state index contributed by atoms with van der Waals surface area (Å²) in [4.78, 5) is 20.8. The highest BCUT2D eigenvalue weighted by molar-refractivity contribution is 6.30. The van der Waals surface area contributed by atoms with Gasteiger partial charge in [-0.15, -0.1) is 0 Å². The van der Waals surface area contributed by atoms with E-state index >= 15 is 0 Å². The molecule has 0 radical (unpaired) electrons. The molecule has 4 rings (SSSR count). The Morgan fingerprint density at radius 1 is 1.29 bits per heavy atom. The molecule has 1 aliphatic rings. The van der Waals surface area contributed by atoms with Crippen LogP contribution in [0, 0.1) is 5.92 Å². The van der Waals surface area contributed by atoms with E-state index in [-0.39, 0.29) is 24.3 Å². The van der Waals surface area contributed by atoms with Gasteiger partial charge in [0, 0.05) is 29.8 Å². The summed E-state index contributed by atoms with van der Waals surface area (Å²) in [5.41, 5.74) is -1.42. The van der Waals surface area contributed by atoms with Gasteiger partial charge in [-0.3, -0.25) is 9.48 Å². The topological polar surface area (TPSA) is 113 Å². The smallest absolute Gasteiger partial charge is 0.396 e. The molecule has 3 aromatic rings. The van der Waals surface area contributed by atoms with Crippen LogP contribution in [-0.2, 0) is 12.7 Å². The van der Waals surface area contributed by atoms with Crippen LogP contribution in [0.3, 0.4) is 0 Å². The third-order valence-electron chi connectivity index (χ3n) is 5.79. The average molecular weight is 514 g/mol. The summed E-state index contributed by atoms with van der Waals surface area (Å²) in [6.45, 7) is -0.718. The van der Waals surface area contributed by atoms with E-state index in [4.69, 9.17) is 11.6 Å². The number of hydrogen-bond acceptors (Lipinski definition) is 7. The molecule has 3 N–H and O–H groups in total. The molecule has 1 aromatic carbocycles. The largest absolute Gasteiger partial charge is 0.433 e. The number of ketones is 1. The van der Waals surface area contributed by atoms with Crippen LogP contribution in [0.25, 0.3) is 0 Å². The first-order valence-electron chi connectivity index (χ1n) is 10.5. The lowest BCUT2D eigenvalue weighted by molar-refractivity contribution is -0.144. The van der Waals surface area contributed by atoms with Crippen molar-refractivity contribution in [1.82, 2.24) is 19.7 Å². The van der Waals surface area contributed by atoms with Gasteiger partial charge >= 0.3 is 6.18 Å². The van der Waals surface area contributed by atoms with E-state index in [1.807, 2.05) is 0 Å². The first-order chi connectivity index (χ1) is 16.6. The van der Waals surface area contributed by atoms with Crippen LogP contribution >= 0.6 is 11.6 Å². The molecule has 1 aliphatic carbocycles. The molecule has 4 atom stereocenters. The summed E-state index contributed by atoms with van der Waals surface area (Å²) in [6, 6.07) is 5.87. The average Bonchev–Trinajstić information content (AvgIpc) is 3.35. The van der Waals surface area contributed by atoms with Gasteiger partial charge in [0.25, 0.3) is 0 Å². The first kappa shape index (κ1) is 25.0. The summed E-state index contributed by atoms with van der Waals surface area (Å²) in [6.07, 6.45) is -5.72.